The third-order valence-corrected chi connectivity index (χ3v) is 3.45. The van der Waals surface area contributed by atoms with Crippen LogP contribution in [0.5, 0.6) is 0 Å². The summed E-state index contributed by atoms with van der Waals surface area (Å²) >= 11 is 0. The second-order valence-electron chi connectivity index (χ2n) is 4.78. The van der Waals surface area contributed by atoms with Gasteiger partial charge in [-0.1, -0.05) is 32.8 Å². The van der Waals surface area contributed by atoms with E-state index in [4.69, 9.17) is 0 Å². The first-order chi connectivity index (χ1) is 9.12. The Labute approximate surface area is 116 Å². The number of aromatic nitrogens is 1. The minimum atomic E-state index is -0.0980. The van der Waals surface area contributed by atoms with E-state index in [1.165, 1.54) is 0 Å². The van der Waals surface area contributed by atoms with Crippen LogP contribution in [0.15, 0.2) is 18.2 Å². The summed E-state index contributed by atoms with van der Waals surface area (Å²) in [5.41, 5.74) is 0.469. The summed E-state index contributed by atoms with van der Waals surface area (Å²) in [7, 11) is 0. The van der Waals surface area contributed by atoms with Gasteiger partial charge in [0, 0.05) is 12.6 Å². The van der Waals surface area contributed by atoms with Crippen molar-refractivity contribution in [1.29, 1.82) is 0 Å². The Morgan fingerprint density at radius 3 is 2.53 bits per heavy atom. The normalized spacial score (nSPS) is 12.3. The maximum absolute atomic E-state index is 12.1. The maximum Gasteiger partial charge on any atom is 0.270 e. The number of nitrogens with zero attached hydrogens (tertiary/aromatic N) is 1. The van der Waals surface area contributed by atoms with Gasteiger partial charge < -0.3 is 10.6 Å². The van der Waals surface area contributed by atoms with Crippen LogP contribution in [0.25, 0.3) is 0 Å². The van der Waals surface area contributed by atoms with Crippen molar-refractivity contribution < 1.29 is 4.79 Å². The van der Waals surface area contributed by atoms with Gasteiger partial charge in [0.15, 0.2) is 0 Å². The van der Waals surface area contributed by atoms with Crippen molar-refractivity contribution >= 4 is 11.7 Å². The lowest BCUT2D eigenvalue weighted by molar-refractivity contribution is 0.0920. The first kappa shape index (κ1) is 15.5. The van der Waals surface area contributed by atoms with Gasteiger partial charge in [0.1, 0.15) is 11.5 Å². The van der Waals surface area contributed by atoms with Gasteiger partial charge in [-0.05, 0) is 31.9 Å². The molecule has 0 spiro atoms. The molecule has 0 saturated heterocycles. The standard InChI is InChI=1S/C15H25N3O/c1-5-12(6-2)11(4)17-15(19)13-9-8-10-14(18-13)16-7-3/h8-12H,5-7H2,1-4H3,(H,16,18)(H,17,19). The quantitative estimate of drug-likeness (QED) is 0.795. The molecule has 0 bridgehead atoms. The minimum absolute atomic E-state index is 0.0980. The maximum atomic E-state index is 12.1. The van der Waals surface area contributed by atoms with E-state index in [-0.39, 0.29) is 11.9 Å². The van der Waals surface area contributed by atoms with Crippen LogP contribution in [0.1, 0.15) is 51.0 Å². The zero-order valence-corrected chi connectivity index (χ0v) is 12.4. The molecule has 1 atom stereocenters. The van der Waals surface area contributed by atoms with Crippen molar-refractivity contribution in [3.8, 4) is 0 Å². The summed E-state index contributed by atoms with van der Waals surface area (Å²) in [6.07, 6.45) is 2.14. The van der Waals surface area contributed by atoms with Crippen molar-refractivity contribution in [2.75, 3.05) is 11.9 Å². The number of carbonyl (C=O) groups is 1. The molecule has 0 aliphatic carbocycles. The van der Waals surface area contributed by atoms with Crippen LogP contribution in [0, 0.1) is 5.92 Å². The van der Waals surface area contributed by atoms with E-state index in [9.17, 15) is 4.79 Å². The number of pyridine rings is 1. The third-order valence-electron chi connectivity index (χ3n) is 3.45. The van der Waals surface area contributed by atoms with Crippen LogP contribution in [0.3, 0.4) is 0 Å². The van der Waals surface area contributed by atoms with Crippen molar-refractivity contribution in [2.24, 2.45) is 5.92 Å². The SMILES string of the molecule is CCNc1cccc(C(=O)NC(C)C(CC)CC)n1. The summed E-state index contributed by atoms with van der Waals surface area (Å²) < 4.78 is 0. The molecule has 0 aromatic carbocycles. The zero-order valence-electron chi connectivity index (χ0n) is 12.4. The molecule has 0 aliphatic heterocycles. The Kier molecular flexibility index (Phi) is 6.33. The molecule has 19 heavy (non-hydrogen) atoms. The van der Waals surface area contributed by atoms with Crippen LogP contribution in [0.2, 0.25) is 0 Å². The summed E-state index contributed by atoms with van der Waals surface area (Å²) in [6.45, 7) is 9.16. The van der Waals surface area contributed by atoms with Gasteiger partial charge in [-0.3, -0.25) is 4.79 Å². The van der Waals surface area contributed by atoms with Crippen LogP contribution in [-0.4, -0.2) is 23.5 Å². The van der Waals surface area contributed by atoms with Crippen molar-refractivity contribution in [1.82, 2.24) is 10.3 Å². The average Bonchev–Trinajstić information content (AvgIpc) is 2.40. The Morgan fingerprint density at radius 1 is 1.26 bits per heavy atom. The Balaban J connectivity index is 2.69. The van der Waals surface area contributed by atoms with E-state index in [0.29, 0.717) is 11.6 Å². The fourth-order valence-corrected chi connectivity index (χ4v) is 2.24. The van der Waals surface area contributed by atoms with Crippen LogP contribution >= 0.6 is 0 Å². The van der Waals surface area contributed by atoms with E-state index < -0.39 is 0 Å². The number of hydrogen-bond donors (Lipinski definition) is 2. The Bertz CT molecular complexity index is 402. The number of nitrogens with one attached hydrogen (secondary N) is 2. The lowest BCUT2D eigenvalue weighted by Gasteiger charge is -2.22. The van der Waals surface area contributed by atoms with Gasteiger partial charge in [-0.2, -0.15) is 0 Å². The number of rotatable bonds is 7. The molecule has 4 heteroatoms. The first-order valence-corrected chi connectivity index (χ1v) is 7.14. The van der Waals surface area contributed by atoms with E-state index in [1.807, 2.05) is 19.1 Å². The largest absolute Gasteiger partial charge is 0.370 e. The van der Waals surface area contributed by atoms with Crippen LogP contribution in [-0.2, 0) is 0 Å². The number of amides is 1. The van der Waals surface area contributed by atoms with Gasteiger partial charge in [0.2, 0.25) is 0 Å². The highest BCUT2D eigenvalue weighted by atomic mass is 16.1. The molecule has 1 amide bonds. The molecule has 0 saturated carbocycles. The lowest BCUT2D eigenvalue weighted by Crippen LogP contribution is -2.38. The average molecular weight is 263 g/mol. The summed E-state index contributed by atoms with van der Waals surface area (Å²) in [5, 5.41) is 6.15. The fourth-order valence-electron chi connectivity index (χ4n) is 2.24. The van der Waals surface area contributed by atoms with E-state index >= 15 is 0 Å². The number of carbonyl (C=O) groups excluding carboxylic acids is 1. The first-order valence-electron chi connectivity index (χ1n) is 7.14. The topological polar surface area (TPSA) is 54.0 Å². The predicted molar refractivity (Wildman–Crippen MR) is 79.4 cm³/mol. The molecular formula is C15H25N3O. The molecule has 1 unspecified atom stereocenters. The highest BCUT2D eigenvalue weighted by Gasteiger charge is 2.17. The second kappa shape index (κ2) is 7.77. The summed E-state index contributed by atoms with van der Waals surface area (Å²) in [6, 6.07) is 5.63. The highest BCUT2D eigenvalue weighted by Crippen LogP contribution is 2.13. The Morgan fingerprint density at radius 2 is 1.95 bits per heavy atom. The van der Waals surface area contributed by atoms with E-state index in [0.717, 1.165) is 25.2 Å². The second-order valence-corrected chi connectivity index (χ2v) is 4.78. The summed E-state index contributed by atoms with van der Waals surface area (Å²) in [5.74, 6) is 1.16. The molecule has 0 aliphatic rings. The number of hydrogen-bond acceptors (Lipinski definition) is 3. The molecule has 0 radical (unpaired) electrons. The van der Waals surface area contributed by atoms with Gasteiger partial charge in [0.05, 0.1) is 0 Å². The van der Waals surface area contributed by atoms with Gasteiger partial charge in [-0.25, -0.2) is 4.98 Å². The fraction of sp³-hybridized carbons (Fsp3) is 0.600. The molecule has 1 aromatic heterocycles. The van der Waals surface area contributed by atoms with Crippen molar-refractivity contribution in [2.45, 2.75) is 46.6 Å². The molecule has 1 rings (SSSR count). The monoisotopic (exact) mass is 263 g/mol. The van der Waals surface area contributed by atoms with Crippen molar-refractivity contribution in [3.05, 3.63) is 23.9 Å². The van der Waals surface area contributed by atoms with Gasteiger partial charge >= 0.3 is 0 Å². The molecular weight excluding hydrogens is 238 g/mol. The van der Waals surface area contributed by atoms with Gasteiger partial charge in [-0.15, -0.1) is 0 Å². The summed E-state index contributed by atoms with van der Waals surface area (Å²) in [4.78, 5) is 16.4. The molecule has 0 fully saturated rings. The van der Waals surface area contributed by atoms with Crippen molar-refractivity contribution in [3.63, 3.8) is 0 Å². The smallest absolute Gasteiger partial charge is 0.270 e. The lowest BCUT2D eigenvalue weighted by atomic mass is 9.95. The van der Waals surface area contributed by atoms with E-state index in [2.05, 4.69) is 36.4 Å². The molecule has 4 nitrogen and oxygen atoms in total. The van der Waals surface area contributed by atoms with E-state index in [1.54, 1.807) is 6.07 Å². The molecule has 106 valence electrons. The number of anilines is 1. The molecule has 1 aromatic rings. The van der Waals surface area contributed by atoms with Crippen LogP contribution in [0.4, 0.5) is 5.82 Å². The third kappa shape index (κ3) is 4.54. The van der Waals surface area contributed by atoms with Crippen LogP contribution < -0.4 is 10.6 Å². The molecule has 1 heterocycles. The predicted octanol–water partition coefficient (Wildman–Crippen LogP) is 3.07. The Hall–Kier alpha value is -1.58. The minimum Gasteiger partial charge on any atom is -0.370 e. The molecule has 2 N–H and O–H groups in total. The van der Waals surface area contributed by atoms with Gasteiger partial charge in [0.25, 0.3) is 5.91 Å². The zero-order chi connectivity index (χ0) is 14.3. The highest BCUT2D eigenvalue weighted by molar-refractivity contribution is 5.92.